The third-order valence-electron chi connectivity index (χ3n) is 2.25. The van der Waals surface area contributed by atoms with E-state index in [-0.39, 0.29) is 0 Å². The number of aromatic hydroxyl groups is 1. The number of aromatic nitrogens is 2. The summed E-state index contributed by atoms with van der Waals surface area (Å²) in [5.41, 5.74) is -2.19. The van der Waals surface area contributed by atoms with Crippen LogP contribution in [-0.2, 0) is 0 Å². The van der Waals surface area contributed by atoms with E-state index in [9.17, 15) is 23.5 Å². The van der Waals surface area contributed by atoms with Crippen molar-refractivity contribution in [1.82, 2.24) is 9.78 Å². The maximum atomic E-state index is 13.5. The third-order valence-corrected chi connectivity index (χ3v) is 2.25. The second-order valence-electron chi connectivity index (χ2n) is 3.53. The summed E-state index contributed by atoms with van der Waals surface area (Å²) in [5, 5.41) is 21.3. The van der Waals surface area contributed by atoms with E-state index in [0.717, 1.165) is 12.1 Å². The van der Waals surface area contributed by atoms with E-state index in [1.807, 2.05) is 0 Å². The molecule has 19 heavy (non-hydrogen) atoms. The van der Waals surface area contributed by atoms with Gasteiger partial charge in [-0.2, -0.15) is 9.78 Å². The first-order valence-electron chi connectivity index (χ1n) is 4.92. The average molecular weight is 268 g/mol. The van der Waals surface area contributed by atoms with Gasteiger partial charge in [0.05, 0.1) is 0 Å². The van der Waals surface area contributed by atoms with Crippen molar-refractivity contribution in [3.05, 3.63) is 51.9 Å². The van der Waals surface area contributed by atoms with Crippen molar-refractivity contribution in [3.63, 3.8) is 0 Å². The van der Waals surface area contributed by atoms with Crippen LogP contribution in [0, 0.1) is 11.6 Å². The van der Waals surface area contributed by atoms with E-state index in [1.165, 1.54) is 0 Å². The van der Waals surface area contributed by atoms with Crippen LogP contribution in [0.4, 0.5) is 8.78 Å². The van der Waals surface area contributed by atoms with Crippen LogP contribution in [0.3, 0.4) is 0 Å². The molecule has 0 atom stereocenters. The molecule has 0 spiro atoms. The Morgan fingerprint density at radius 1 is 1.26 bits per heavy atom. The number of nitrogens with zero attached hydrogens (tertiary/aromatic N) is 2. The molecule has 0 aliphatic rings. The summed E-state index contributed by atoms with van der Waals surface area (Å²) in [5.74, 6) is -4.37. The Morgan fingerprint density at radius 3 is 2.53 bits per heavy atom. The van der Waals surface area contributed by atoms with Crippen LogP contribution in [0.25, 0.3) is 5.69 Å². The summed E-state index contributed by atoms with van der Waals surface area (Å²) in [6.07, 6.45) is 0. The molecule has 0 aliphatic carbocycles. The number of hydrogen-bond donors (Lipinski definition) is 2. The molecular weight excluding hydrogens is 262 g/mol. The average Bonchev–Trinajstić information content (AvgIpc) is 2.30. The van der Waals surface area contributed by atoms with E-state index in [0.29, 0.717) is 16.8 Å². The molecule has 2 aromatic rings. The minimum atomic E-state index is -1.59. The molecule has 6 nitrogen and oxygen atoms in total. The van der Waals surface area contributed by atoms with E-state index >= 15 is 0 Å². The SMILES string of the molecule is O=C(O)c1nn(-c2ccc(F)cc2F)c(=O)cc1O. The van der Waals surface area contributed by atoms with Gasteiger partial charge in [-0.05, 0) is 12.1 Å². The summed E-state index contributed by atoms with van der Waals surface area (Å²) < 4.78 is 26.7. The predicted octanol–water partition coefficient (Wildman–Crippen LogP) is 0.914. The van der Waals surface area contributed by atoms with Gasteiger partial charge in [-0.1, -0.05) is 0 Å². The van der Waals surface area contributed by atoms with Gasteiger partial charge in [-0.15, -0.1) is 0 Å². The maximum absolute atomic E-state index is 13.5. The van der Waals surface area contributed by atoms with E-state index in [4.69, 9.17) is 5.11 Å². The number of aromatic carboxylic acids is 1. The third kappa shape index (κ3) is 2.28. The molecule has 0 unspecified atom stereocenters. The standard InChI is InChI=1S/C11H6F2N2O4/c12-5-1-2-7(6(13)3-5)15-9(17)4-8(16)10(14-15)11(18)19/h1-4,16H,(H,18,19). The summed E-state index contributed by atoms with van der Waals surface area (Å²) in [4.78, 5) is 22.3. The highest BCUT2D eigenvalue weighted by atomic mass is 19.1. The largest absolute Gasteiger partial charge is 0.505 e. The van der Waals surface area contributed by atoms with Gasteiger partial charge >= 0.3 is 5.97 Å². The number of carboxylic acids is 1. The number of halogens is 2. The van der Waals surface area contributed by atoms with Crippen LogP contribution >= 0.6 is 0 Å². The lowest BCUT2D eigenvalue weighted by atomic mass is 10.3. The second kappa shape index (κ2) is 4.48. The summed E-state index contributed by atoms with van der Waals surface area (Å²) in [6.45, 7) is 0. The molecule has 98 valence electrons. The van der Waals surface area contributed by atoms with Crippen molar-refractivity contribution in [1.29, 1.82) is 0 Å². The Hall–Kier alpha value is -2.77. The fourth-order valence-corrected chi connectivity index (χ4v) is 1.42. The number of benzene rings is 1. The minimum Gasteiger partial charge on any atom is -0.505 e. The first-order valence-corrected chi connectivity index (χ1v) is 4.92. The van der Waals surface area contributed by atoms with Gasteiger partial charge in [-0.3, -0.25) is 4.79 Å². The van der Waals surface area contributed by atoms with Gasteiger partial charge in [-0.25, -0.2) is 13.6 Å². The smallest absolute Gasteiger partial charge is 0.360 e. The van der Waals surface area contributed by atoms with Gasteiger partial charge in [0.15, 0.2) is 11.6 Å². The van der Waals surface area contributed by atoms with Gasteiger partial charge in [0.25, 0.3) is 5.56 Å². The van der Waals surface area contributed by atoms with Crippen LogP contribution in [-0.4, -0.2) is 26.0 Å². The Balaban J connectivity index is 2.72. The molecule has 1 aromatic carbocycles. The van der Waals surface area contributed by atoms with Crippen LogP contribution in [0.5, 0.6) is 5.75 Å². The number of rotatable bonds is 2. The highest BCUT2D eigenvalue weighted by Gasteiger charge is 2.17. The van der Waals surface area contributed by atoms with E-state index < -0.39 is 40.3 Å². The topological polar surface area (TPSA) is 92.4 Å². The Morgan fingerprint density at radius 2 is 1.95 bits per heavy atom. The van der Waals surface area contributed by atoms with Crippen molar-refractivity contribution >= 4 is 5.97 Å². The monoisotopic (exact) mass is 268 g/mol. The van der Waals surface area contributed by atoms with Crippen molar-refractivity contribution in [3.8, 4) is 11.4 Å². The molecule has 0 saturated carbocycles. The zero-order valence-electron chi connectivity index (χ0n) is 9.17. The molecule has 0 saturated heterocycles. The molecule has 2 rings (SSSR count). The Bertz CT molecular complexity index is 727. The van der Waals surface area contributed by atoms with Crippen molar-refractivity contribution < 1.29 is 23.8 Å². The molecular formula is C11H6F2N2O4. The van der Waals surface area contributed by atoms with E-state index in [1.54, 1.807) is 0 Å². The number of hydrogen-bond acceptors (Lipinski definition) is 4. The van der Waals surface area contributed by atoms with Crippen LogP contribution in [0.2, 0.25) is 0 Å². The number of carbonyl (C=O) groups is 1. The van der Waals surface area contributed by atoms with Crippen LogP contribution in [0.15, 0.2) is 29.1 Å². The zero-order chi connectivity index (χ0) is 14.2. The predicted molar refractivity (Wildman–Crippen MR) is 58.4 cm³/mol. The second-order valence-corrected chi connectivity index (χ2v) is 3.53. The van der Waals surface area contributed by atoms with Gasteiger partial charge in [0.1, 0.15) is 11.5 Å². The van der Waals surface area contributed by atoms with Crippen molar-refractivity contribution in [2.45, 2.75) is 0 Å². The van der Waals surface area contributed by atoms with Crippen molar-refractivity contribution in [2.75, 3.05) is 0 Å². The molecule has 0 fully saturated rings. The van der Waals surface area contributed by atoms with Gasteiger partial charge in [0, 0.05) is 12.1 Å². The highest BCUT2D eigenvalue weighted by Crippen LogP contribution is 2.15. The highest BCUT2D eigenvalue weighted by molar-refractivity contribution is 5.88. The molecule has 0 amide bonds. The van der Waals surface area contributed by atoms with Crippen LogP contribution < -0.4 is 5.56 Å². The van der Waals surface area contributed by atoms with Crippen molar-refractivity contribution in [2.24, 2.45) is 0 Å². The molecule has 0 radical (unpaired) electrons. The normalized spacial score (nSPS) is 10.4. The quantitative estimate of drug-likeness (QED) is 0.844. The first kappa shape index (κ1) is 12.7. The molecule has 1 heterocycles. The molecule has 0 bridgehead atoms. The Kier molecular flexibility index (Phi) is 2.99. The summed E-state index contributed by atoms with van der Waals surface area (Å²) in [7, 11) is 0. The minimum absolute atomic E-state index is 0.422. The van der Waals surface area contributed by atoms with Gasteiger partial charge in [0.2, 0.25) is 5.69 Å². The number of carboxylic acid groups (broad SMARTS) is 1. The first-order chi connectivity index (χ1) is 8.90. The summed E-state index contributed by atoms with van der Waals surface area (Å²) >= 11 is 0. The fourth-order valence-electron chi connectivity index (χ4n) is 1.42. The lowest BCUT2D eigenvalue weighted by Gasteiger charge is -2.07. The van der Waals surface area contributed by atoms with Crippen LogP contribution in [0.1, 0.15) is 10.5 Å². The molecule has 1 aromatic heterocycles. The molecule has 8 heteroatoms. The lowest BCUT2D eigenvalue weighted by Crippen LogP contribution is -2.24. The maximum Gasteiger partial charge on any atom is 0.360 e. The Labute approximate surface area is 104 Å². The summed E-state index contributed by atoms with van der Waals surface area (Å²) in [6, 6.07) is 2.93. The fraction of sp³-hybridized carbons (Fsp3) is 0. The van der Waals surface area contributed by atoms with E-state index in [2.05, 4.69) is 5.10 Å². The molecule has 2 N–H and O–H groups in total. The van der Waals surface area contributed by atoms with Gasteiger partial charge < -0.3 is 10.2 Å². The lowest BCUT2D eigenvalue weighted by molar-refractivity contribution is 0.0684. The molecule has 0 aliphatic heterocycles. The zero-order valence-corrected chi connectivity index (χ0v) is 9.17.